The highest BCUT2D eigenvalue weighted by Crippen LogP contribution is 2.25. The lowest BCUT2D eigenvalue weighted by Gasteiger charge is -2.11. The third kappa shape index (κ3) is 3.21. The fourth-order valence-corrected chi connectivity index (χ4v) is 2.48. The molecular weight excluding hydrogens is 300 g/mol. The molecule has 0 fully saturated rings. The molecular formula is C13H13F2N3O2S. The maximum atomic E-state index is 14.1. The Morgan fingerprint density at radius 1 is 1.33 bits per heavy atom. The molecule has 1 N–H and O–H groups in total. The minimum atomic E-state index is -1.02. The second-order valence-corrected chi connectivity index (χ2v) is 5.27. The molecule has 0 unspecified atom stereocenters. The molecule has 0 saturated carbocycles. The Bertz CT molecular complexity index is 688. The van der Waals surface area contributed by atoms with Crippen molar-refractivity contribution in [1.29, 1.82) is 0 Å². The van der Waals surface area contributed by atoms with Gasteiger partial charge in [0.1, 0.15) is 17.5 Å². The van der Waals surface area contributed by atoms with Crippen molar-refractivity contribution in [3.8, 4) is 5.69 Å². The number of benzene rings is 1. The van der Waals surface area contributed by atoms with Gasteiger partial charge in [-0.3, -0.25) is 9.36 Å². The molecule has 0 aliphatic heterocycles. The number of carboxylic acids is 1. The third-order valence-electron chi connectivity index (χ3n) is 2.81. The van der Waals surface area contributed by atoms with Crippen LogP contribution in [-0.2, 0) is 11.2 Å². The maximum Gasteiger partial charge on any atom is 0.313 e. The lowest BCUT2D eigenvalue weighted by Crippen LogP contribution is -2.07. The number of nitrogens with zero attached hydrogens (tertiary/aromatic N) is 3. The number of carboxylic acid groups (broad SMARTS) is 1. The van der Waals surface area contributed by atoms with E-state index in [1.165, 1.54) is 11.5 Å². The molecule has 1 heterocycles. The number of hydrogen-bond acceptors (Lipinski definition) is 4. The Labute approximate surface area is 124 Å². The van der Waals surface area contributed by atoms with Crippen LogP contribution in [0.1, 0.15) is 18.3 Å². The van der Waals surface area contributed by atoms with Crippen LogP contribution in [-0.4, -0.2) is 31.6 Å². The predicted molar refractivity (Wildman–Crippen MR) is 73.7 cm³/mol. The summed E-state index contributed by atoms with van der Waals surface area (Å²) in [5, 5.41) is 16.7. The van der Waals surface area contributed by atoms with E-state index in [9.17, 15) is 13.6 Å². The van der Waals surface area contributed by atoms with E-state index in [1.807, 2.05) is 0 Å². The summed E-state index contributed by atoms with van der Waals surface area (Å²) in [5.74, 6) is -1.98. The summed E-state index contributed by atoms with van der Waals surface area (Å²) < 4.78 is 29.2. The highest BCUT2D eigenvalue weighted by atomic mass is 32.2. The van der Waals surface area contributed by atoms with Crippen LogP contribution in [0.15, 0.2) is 17.3 Å². The van der Waals surface area contributed by atoms with Crippen molar-refractivity contribution in [2.24, 2.45) is 0 Å². The molecule has 112 valence electrons. The molecule has 0 bridgehead atoms. The number of carbonyl (C=O) groups is 1. The molecule has 21 heavy (non-hydrogen) atoms. The van der Waals surface area contributed by atoms with Crippen molar-refractivity contribution in [3.05, 3.63) is 35.2 Å². The van der Waals surface area contributed by atoms with Crippen LogP contribution in [0.5, 0.6) is 0 Å². The van der Waals surface area contributed by atoms with E-state index in [0.717, 1.165) is 23.9 Å². The van der Waals surface area contributed by atoms with Gasteiger partial charge in [0.25, 0.3) is 0 Å². The van der Waals surface area contributed by atoms with Gasteiger partial charge in [-0.25, -0.2) is 8.78 Å². The van der Waals surface area contributed by atoms with Crippen LogP contribution >= 0.6 is 11.8 Å². The minimum absolute atomic E-state index is 0.0205. The number of aliphatic carboxylic acids is 1. The van der Waals surface area contributed by atoms with E-state index in [1.54, 1.807) is 6.92 Å². The standard InChI is InChI=1S/C13H13F2N3O2S/c1-3-11-16-17-13(21-6-12(19)20)18(11)10-5-8(14)7(2)4-9(10)15/h4-5H,3,6H2,1-2H3,(H,19,20). The molecule has 0 aliphatic carbocycles. The zero-order valence-electron chi connectivity index (χ0n) is 11.4. The van der Waals surface area contributed by atoms with E-state index in [0.29, 0.717) is 12.2 Å². The molecule has 5 nitrogen and oxygen atoms in total. The summed E-state index contributed by atoms with van der Waals surface area (Å²) >= 11 is 0.906. The third-order valence-corrected chi connectivity index (χ3v) is 3.72. The van der Waals surface area contributed by atoms with Crippen molar-refractivity contribution in [2.45, 2.75) is 25.4 Å². The SMILES string of the molecule is CCc1nnc(SCC(=O)O)n1-c1cc(F)c(C)cc1F. The molecule has 0 spiro atoms. The maximum absolute atomic E-state index is 14.1. The van der Waals surface area contributed by atoms with Gasteiger partial charge in [0.15, 0.2) is 5.16 Å². The number of rotatable bonds is 5. The molecule has 0 saturated heterocycles. The zero-order valence-corrected chi connectivity index (χ0v) is 12.2. The molecule has 8 heteroatoms. The molecule has 1 aromatic heterocycles. The van der Waals surface area contributed by atoms with Crippen LogP contribution in [0, 0.1) is 18.6 Å². The van der Waals surface area contributed by atoms with Gasteiger partial charge in [-0.1, -0.05) is 18.7 Å². The first-order valence-electron chi connectivity index (χ1n) is 6.19. The highest BCUT2D eigenvalue weighted by molar-refractivity contribution is 7.99. The van der Waals surface area contributed by atoms with Crippen molar-refractivity contribution in [3.63, 3.8) is 0 Å². The van der Waals surface area contributed by atoms with Crippen molar-refractivity contribution < 1.29 is 18.7 Å². The first-order valence-corrected chi connectivity index (χ1v) is 7.17. The quantitative estimate of drug-likeness (QED) is 0.859. The van der Waals surface area contributed by atoms with Crippen LogP contribution in [0.25, 0.3) is 5.69 Å². The lowest BCUT2D eigenvalue weighted by atomic mass is 10.2. The Morgan fingerprint density at radius 3 is 2.67 bits per heavy atom. The van der Waals surface area contributed by atoms with Gasteiger partial charge in [-0.2, -0.15) is 0 Å². The van der Waals surface area contributed by atoms with Crippen molar-refractivity contribution in [2.75, 3.05) is 5.75 Å². The van der Waals surface area contributed by atoms with Gasteiger partial charge < -0.3 is 5.11 Å². The first-order chi connectivity index (χ1) is 9.93. The van der Waals surface area contributed by atoms with Gasteiger partial charge in [0.2, 0.25) is 0 Å². The summed E-state index contributed by atoms with van der Waals surface area (Å²) in [5.41, 5.74) is 0.176. The van der Waals surface area contributed by atoms with Gasteiger partial charge in [-0.15, -0.1) is 10.2 Å². The minimum Gasteiger partial charge on any atom is -0.481 e. The molecule has 2 rings (SSSR count). The molecule has 1 aromatic carbocycles. The molecule has 0 radical (unpaired) electrons. The summed E-state index contributed by atoms with van der Waals surface area (Å²) in [6.07, 6.45) is 0.454. The van der Waals surface area contributed by atoms with Crippen LogP contribution in [0.2, 0.25) is 0 Å². The van der Waals surface area contributed by atoms with E-state index in [2.05, 4.69) is 10.2 Å². The van der Waals surface area contributed by atoms with Gasteiger partial charge in [0, 0.05) is 12.5 Å². The highest BCUT2D eigenvalue weighted by Gasteiger charge is 2.18. The van der Waals surface area contributed by atoms with Crippen molar-refractivity contribution >= 4 is 17.7 Å². The predicted octanol–water partition coefficient (Wildman–Crippen LogP) is 2.59. The lowest BCUT2D eigenvalue weighted by molar-refractivity contribution is -0.133. The number of hydrogen-bond donors (Lipinski definition) is 1. The van der Waals surface area contributed by atoms with Crippen molar-refractivity contribution in [1.82, 2.24) is 14.8 Å². The monoisotopic (exact) mass is 313 g/mol. The van der Waals surface area contributed by atoms with Gasteiger partial charge in [0.05, 0.1) is 11.4 Å². The molecule has 0 amide bonds. The second kappa shape index (κ2) is 6.21. The van der Waals surface area contributed by atoms with E-state index < -0.39 is 17.6 Å². The summed E-state index contributed by atoms with van der Waals surface area (Å²) in [7, 11) is 0. The average Bonchev–Trinajstić information content (AvgIpc) is 2.83. The van der Waals surface area contributed by atoms with E-state index >= 15 is 0 Å². The normalized spacial score (nSPS) is 10.9. The Hall–Kier alpha value is -1.96. The number of thioether (sulfide) groups is 1. The molecule has 2 aromatic rings. The van der Waals surface area contributed by atoms with Gasteiger partial charge in [-0.05, 0) is 18.6 Å². The fourth-order valence-electron chi connectivity index (χ4n) is 1.80. The topological polar surface area (TPSA) is 68.0 Å². The van der Waals surface area contributed by atoms with Crippen LogP contribution in [0.3, 0.4) is 0 Å². The number of aryl methyl sites for hydroxylation is 2. The molecule has 0 atom stereocenters. The number of halogens is 2. The Balaban J connectivity index is 2.53. The Kier molecular flexibility index (Phi) is 4.56. The largest absolute Gasteiger partial charge is 0.481 e. The average molecular weight is 313 g/mol. The van der Waals surface area contributed by atoms with Gasteiger partial charge >= 0.3 is 5.97 Å². The van der Waals surface area contributed by atoms with E-state index in [4.69, 9.17) is 5.11 Å². The summed E-state index contributed by atoms with van der Waals surface area (Å²) in [4.78, 5) is 10.7. The summed E-state index contributed by atoms with van der Waals surface area (Å²) in [6.45, 7) is 3.27. The smallest absolute Gasteiger partial charge is 0.313 e. The molecule has 0 aliphatic rings. The second-order valence-electron chi connectivity index (χ2n) is 4.32. The first kappa shape index (κ1) is 15.4. The fraction of sp³-hybridized carbons (Fsp3) is 0.308. The van der Waals surface area contributed by atoms with E-state index in [-0.39, 0.29) is 22.2 Å². The zero-order chi connectivity index (χ0) is 15.6. The van der Waals surface area contributed by atoms with Crippen LogP contribution < -0.4 is 0 Å². The summed E-state index contributed by atoms with van der Waals surface area (Å²) in [6, 6.07) is 2.16. The number of aromatic nitrogens is 3. The van der Waals surface area contributed by atoms with Crippen LogP contribution in [0.4, 0.5) is 8.78 Å². The Morgan fingerprint density at radius 2 is 2.05 bits per heavy atom.